The van der Waals surface area contributed by atoms with Gasteiger partial charge in [-0.05, 0) is 0 Å². The molecule has 0 radical (unpaired) electrons. The molecule has 1 aliphatic rings. The SMILES string of the molecule is C=CCOC1(OCC=C)SC[C@@H](OC(C)=O)[C@H](OC(C)=O)[C@H]1OC(C)=O. The highest BCUT2D eigenvalue weighted by Gasteiger charge is 2.57. The van der Waals surface area contributed by atoms with Gasteiger partial charge in [0, 0.05) is 26.5 Å². The second kappa shape index (κ2) is 10.3. The van der Waals surface area contributed by atoms with Crippen LogP contribution in [0.2, 0.25) is 0 Å². The third-order valence-electron chi connectivity index (χ3n) is 3.18. The lowest BCUT2D eigenvalue weighted by molar-refractivity contribution is -0.258. The van der Waals surface area contributed by atoms with Gasteiger partial charge in [0.05, 0.1) is 13.2 Å². The first-order chi connectivity index (χ1) is 12.3. The Morgan fingerprint density at radius 1 is 0.962 bits per heavy atom. The van der Waals surface area contributed by atoms with Crippen molar-refractivity contribution in [1.29, 1.82) is 0 Å². The Balaban J connectivity index is 3.30. The Labute approximate surface area is 156 Å². The van der Waals surface area contributed by atoms with Crippen molar-refractivity contribution >= 4 is 29.7 Å². The van der Waals surface area contributed by atoms with E-state index in [9.17, 15) is 14.4 Å². The molecule has 1 rings (SSSR count). The molecule has 26 heavy (non-hydrogen) atoms. The summed E-state index contributed by atoms with van der Waals surface area (Å²) in [5.41, 5.74) is 0. The van der Waals surface area contributed by atoms with Crippen LogP contribution in [0.4, 0.5) is 0 Å². The summed E-state index contributed by atoms with van der Waals surface area (Å²) in [6, 6.07) is 0. The first-order valence-corrected chi connectivity index (χ1v) is 8.89. The van der Waals surface area contributed by atoms with Crippen LogP contribution in [0.3, 0.4) is 0 Å². The minimum absolute atomic E-state index is 0.0902. The van der Waals surface area contributed by atoms with E-state index < -0.39 is 41.3 Å². The van der Waals surface area contributed by atoms with Crippen LogP contribution in [0.5, 0.6) is 0 Å². The molecular formula is C17H24O8S. The third-order valence-corrected chi connectivity index (χ3v) is 4.54. The van der Waals surface area contributed by atoms with Crippen molar-refractivity contribution in [2.75, 3.05) is 19.0 Å². The monoisotopic (exact) mass is 388 g/mol. The number of hydrogen-bond donors (Lipinski definition) is 0. The molecule has 0 N–H and O–H groups in total. The number of carbonyl (C=O) groups excluding carboxylic acids is 3. The van der Waals surface area contributed by atoms with Gasteiger partial charge in [0.1, 0.15) is 0 Å². The van der Waals surface area contributed by atoms with Gasteiger partial charge in [0.25, 0.3) is 5.12 Å². The summed E-state index contributed by atoms with van der Waals surface area (Å²) in [5.74, 6) is -1.62. The molecule has 1 saturated heterocycles. The number of thioether (sulfide) groups is 1. The summed E-state index contributed by atoms with van der Waals surface area (Å²) in [5, 5.41) is -1.48. The molecule has 3 atom stereocenters. The Bertz CT molecular complexity index is 535. The van der Waals surface area contributed by atoms with Crippen LogP contribution in [0.1, 0.15) is 20.8 Å². The standard InChI is InChI=1S/C17H24O8S/c1-6-8-21-17(22-9-7-2)16(25-13(5)20)15(24-12(4)19)14(10-26-17)23-11(3)18/h6-7,14-16H,1-2,8-10H2,3-5H3/t14-,15+,16-/m1/s1. The van der Waals surface area contributed by atoms with Crippen LogP contribution in [-0.2, 0) is 38.1 Å². The van der Waals surface area contributed by atoms with Crippen LogP contribution in [0.25, 0.3) is 0 Å². The second-order valence-corrected chi connectivity index (χ2v) is 6.56. The van der Waals surface area contributed by atoms with Gasteiger partial charge in [-0.3, -0.25) is 14.4 Å². The fraction of sp³-hybridized carbons (Fsp3) is 0.588. The van der Waals surface area contributed by atoms with Crippen molar-refractivity contribution in [2.24, 2.45) is 0 Å². The molecule has 0 aromatic carbocycles. The number of hydrogen-bond acceptors (Lipinski definition) is 9. The maximum atomic E-state index is 11.7. The zero-order chi connectivity index (χ0) is 19.7. The van der Waals surface area contributed by atoms with Crippen LogP contribution in [0.15, 0.2) is 25.3 Å². The smallest absolute Gasteiger partial charge is 0.303 e. The van der Waals surface area contributed by atoms with Crippen LogP contribution >= 0.6 is 11.8 Å². The minimum atomic E-state index is -1.48. The predicted octanol–water partition coefficient (Wildman–Crippen LogP) is 1.59. The van der Waals surface area contributed by atoms with Gasteiger partial charge in [0.15, 0.2) is 12.2 Å². The second-order valence-electron chi connectivity index (χ2n) is 5.37. The van der Waals surface area contributed by atoms with Crippen molar-refractivity contribution < 1.29 is 38.1 Å². The lowest BCUT2D eigenvalue weighted by Crippen LogP contribution is -2.62. The van der Waals surface area contributed by atoms with Gasteiger partial charge in [-0.2, -0.15) is 0 Å². The summed E-state index contributed by atoms with van der Waals surface area (Å²) in [6.07, 6.45) is -0.103. The number of esters is 3. The molecule has 0 unspecified atom stereocenters. The highest BCUT2D eigenvalue weighted by atomic mass is 32.2. The van der Waals surface area contributed by atoms with Gasteiger partial charge >= 0.3 is 17.9 Å². The molecular weight excluding hydrogens is 364 g/mol. The Morgan fingerprint density at radius 2 is 1.46 bits per heavy atom. The summed E-state index contributed by atoms with van der Waals surface area (Å²) in [7, 11) is 0. The lowest BCUT2D eigenvalue weighted by Gasteiger charge is -2.46. The van der Waals surface area contributed by atoms with Crippen LogP contribution < -0.4 is 0 Å². The number of ether oxygens (including phenoxy) is 5. The molecule has 9 heteroatoms. The van der Waals surface area contributed by atoms with Crippen molar-refractivity contribution in [3.8, 4) is 0 Å². The molecule has 1 aliphatic heterocycles. The van der Waals surface area contributed by atoms with Crippen molar-refractivity contribution in [1.82, 2.24) is 0 Å². The molecule has 0 aliphatic carbocycles. The predicted molar refractivity (Wildman–Crippen MR) is 94.1 cm³/mol. The fourth-order valence-corrected chi connectivity index (χ4v) is 3.68. The zero-order valence-corrected chi connectivity index (χ0v) is 15.9. The average molecular weight is 388 g/mol. The molecule has 146 valence electrons. The first kappa shape index (κ1) is 22.2. The summed E-state index contributed by atoms with van der Waals surface area (Å²) < 4.78 is 27.5. The molecule has 0 saturated carbocycles. The molecule has 1 fully saturated rings. The summed E-state index contributed by atoms with van der Waals surface area (Å²) in [4.78, 5) is 34.7. The van der Waals surface area contributed by atoms with E-state index in [4.69, 9.17) is 23.7 Å². The van der Waals surface area contributed by atoms with E-state index >= 15 is 0 Å². The molecule has 1 heterocycles. The molecule has 0 spiro atoms. The largest absolute Gasteiger partial charge is 0.458 e. The summed E-state index contributed by atoms with van der Waals surface area (Å²) >= 11 is 1.14. The van der Waals surface area contributed by atoms with Gasteiger partial charge in [-0.15, -0.1) is 13.2 Å². The topological polar surface area (TPSA) is 97.4 Å². The maximum absolute atomic E-state index is 11.7. The van der Waals surface area contributed by atoms with Gasteiger partial charge in [-0.1, -0.05) is 23.9 Å². The van der Waals surface area contributed by atoms with Gasteiger partial charge in [0.2, 0.25) is 6.10 Å². The normalized spacial score (nSPS) is 24.2. The number of rotatable bonds is 9. The van der Waals surface area contributed by atoms with E-state index in [1.54, 1.807) is 0 Å². The molecule has 0 aromatic heterocycles. The highest BCUT2D eigenvalue weighted by molar-refractivity contribution is 8.00. The van der Waals surface area contributed by atoms with Crippen molar-refractivity contribution in [3.63, 3.8) is 0 Å². The van der Waals surface area contributed by atoms with E-state index in [0.29, 0.717) is 0 Å². The molecule has 0 bridgehead atoms. The van der Waals surface area contributed by atoms with Crippen LogP contribution in [0, 0.1) is 0 Å². The third kappa shape index (κ3) is 6.15. The van der Waals surface area contributed by atoms with Gasteiger partial charge in [-0.25, -0.2) is 0 Å². The Morgan fingerprint density at radius 3 is 1.88 bits per heavy atom. The average Bonchev–Trinajstić information content (AvgIpc) is 2.55. The lowest BCUT2D eigenvalue weighted by atomic mass is 10.1. The maximum Gasteiger partial charge on any atom is 0.303 e. The van der Waals surface area contributed by atoms with E-state index in [1.165, 1.54) is 32.9 Å². The zero-order valence-electron chi connectivity index (χ0n) is 15.1. The Kier molecular flexibility index (Phi) is 8.83. The van der Waals surface area contributed by atoms with Crippen molar-refractivity contribution in [2.45, 2.75) is 44.2 Å². The van der Waals surface area contributed by atoms with E-state index in [1.807, 2.05) is 0 Å². The molecule has 0 aromatic rings. The fourth-order valence-electron chi connectivity index (χ4n) is 2.37. The Hall–Kier alpha value is -1.84. The van der Waals surface area contributed by atoms with E-state index in [0.717, 1.165) is 11.8 Å². The molecule has 8 nitrogen and oxygen atoms in total. The summed E-state index contributed by atoms with van der Waals surface area (Å²) in [6.45, 7) is 11.0. The first-order valence-electron chi connectivity index (χ1n) is 7.91. The van der Waals surface area contributed by atoms with E-state index in [-0.39, 0.29) is 19.0 Å². The van der Waals surface area contributed by atoms with Gasteiger partial charge < -0.3 is 23.7 Å². The highest BCUT2D eigenvalue weighted by Crippen LogP contribution is 2.43. The van der Waals surface area contributed by atoms with Crippen molar-refractivity contribution in [3.05, 3.63) is 25.3 Å². The molecule has 0 amide bonds. The quantitative estimate of drug-likeness (QED) is 0.252. The minimum Gasteiger partial charge on any atom is -0.458 e. The van der Waals surface area contributed by atoms with E-state index in [2.05, 4.69) is 13.2 Å². The number of carbonyl (C=O) groups is 3. The van der Waals surface area contributed by atoms with Crippen LogP contribution in [-0.4, -0.2) is 60.3 Å².